The van der Waals surface area contributed by atoms with Crippen LogP contribution in [0, 0.1) is 5.92 Å². The number of ether oxygens (including phenoxy) is 1. The second-order valence-electron chi connectivity index (χ2n) is 11.3. The highest BCUT2D eigenvalue weighted by atomic mass is 16.5. The molecule has 1 aliphatic carbocycles. The van der Waals surface area contributed by atoms with Crippen molar-refractivity contribution < 1.29 is 14.3 Å². The first kappa shape index (κ1) is 26.7. The number of methoxy groups -OCH3 is 1. The summed E-state index contributed by atoms with van der Waals surface area (Å²) in [5.41, 5.74) is 2.23. The summed E-state index contributed by atoms with van der Waals surface area (Å²) in [6, 6.07) is 19.7. The minimum Gasteiger partial charge on any atom is -0.497 e. The van der Waals surface area contributed by atoms with Crippen LogP contribution in [-0.2, 0) is 16.0 Å². The lowest BCUT2D eigenvalue weighted by Gasteiger charge is -2.43. The fraction of sp³-hybridized carbons (Fsp3) is 0.562. The van der Waals surface area contributed by atoms with Crippen LogP contribution >= 0.6 is 0 Å². The van der Waals surface area contributed by atoms with Crippen molar-refractivity contribution in [1.29, 1.82) is 0 Å². The van der Waals surface area contributed by atoms with E-state index in [9.17, 15) is 9.59 Å². The number of hydrogen-bond donors (Lipinski definition) is 1. The molecule has 6 heteroatoms. The molecule has 1 unspecified atom stereocenters. The molecule has 5 rings (SSSR count). The third kappa shape index (κ3) is 6.06. The Hall–Kier alpha value is -2.86. The Morgan fingerprint density at radius 2 is 1.68 bits per heavy atom. The van der Waals surface area contributed by atoms with E-state index in [1.165, 1.54) is 24.8 Å². The number of carbonyl (C=O) groups excluding carboxylic acids is 2. The lowest BCUT2D eigenvalue weighted by molar-refractivity contribution is -0.134. The summed E-state index contributed by atoms with van der Waals surface area (Å²) < 4.78 is 5.25. The van der Waals surface area contributed by atoms with E-state index in [4.69, 9.17) is 4.74 Å². The van der Waals surface area contributed by atoms with E-state index in [2.05, 4.69) is 46.3 Å². The van der Waals surface area contributed by atoms with Gasteiger partial charge in [0, 0.05) is 37.1 Å². The molecule has 0 spiro atoms. The molecule has 3 fully saturated rings. The molecule has 3 aliphatic rings. The fourth-order valence-corrected chi connectivity index (χ4v) is 6.77. The van der Waals surface area contributed by atoms with Gasteiger partial charge in [-0.1, -0.05) is 48.9 Å². The van der Waals surface area contributed by atoms with Crippen LogP contribution in [0.15, 0.2) is 54.6 Å². The maximum Gasteiger partial charge on any atom is 0.227 e. The molecule has 2 aromatic carbocycles. The van der Waals surface area contributed by atoms with E-state index < -0.39 is 0 Å². The Bertz CT molecular complexity index is 1060. The normalized spacial score (nSPS) is 23.9. The Morgan fingerprint density at radius 1 is 1.00 bits per heavy atom. The fourth-order valence-electron chi connectivity index (χ4n) is 6.77. The lowest BCUT2D eigenvalue weighted by Crippen LogP contribution is -2.52. The molecule has 2 bridgehead atoms. The first-order valence-electron chi connectivity index (χ1n) is 14.6. The summed E-state index contributed by atoms with van der Waals surface area (Å²) in [6.45, 7) is 3.84. The standard InChI is InChI=1S/C32H43N3O3/c1-3-34(31(36)20-23-12-16-29(38-2)17-13-23)28-21-26-14-15-27(22-28)35(26)19-18-30(24-8-5-4-6-9-24)33-32(37)25-10-7-11-25/h4-6,8-9,12-13,16-17,25-28,30H,3,7,10-11,14-15,18-22H2,1-2H3,(H,33,37)/t26-,27+,28?,30-/m0/s1. The molecule has 2 aromatic rings. The highest BCUT2D eigenvalue weighted by Crippen LogP contribution is 2.38. The van der Waals surface area contributed by atoms with Crippen LogP contribution in [0.1, 0.15) is 75.5 Å². The van der Waals surface area contributed by atoms with Gasteiger partial charge >= 0.3 is 0 Å². The first-order chi connectivity index (χ1) is 18.6. The van der Waals surface area contributed by atoms with Gasteiger partial charge in [0.25, 0.3) is 0 Å². The second kappa shape index (κ2) is 12.3. The van der Waals surface area contributed by atoms with Crippen molar-refractivity contribution >= 4 is 11.8 Å². The maximum atomic E-state index is 13.3. The molecule has 6 nitrogen and oxygen atoms in total. The van der Waals surface area contributed by atoms with Crippen molar-refractivity contribution in [2.24, 2.45) is 5.92 Å². The number of hydrogen-bond acceptors (Lipinski definition) is 4. The zero-order chi connectivity index (χ0) is 26.5. The van der Waals surface area contributed by atoms with E-state index in [1.807, 2.05) is 30.3 Å². The minimum absolute atomic E-state index is 0.0552. The van der Waals surface area contributed by atoms with Gasteiger partial charge in [-0.05, 0) is 75.1 Å². The molecule has 204 valence electrons. The smallest absolute Gasteiger partial charge is 0.227 e. The summed E-state index contributed by atoms with van der Waals surface area (Å²) >= 11 is 0. The molecule has 0 aromatic heterocycles. The van der Waals surface area contributed by atoms with Crippen molar-refractivity contribution in [2.45, 2.75) is 88.9 Å². The molecular weight excluding hydrogens is 474 g/mol. The maximum absolute atomic E-state index is 13.3. The summed E-state index contributed by atoms with van der Waals surface area (Å²) in [6.07, 6.45) is 9.08. The number of piperidine rings is 1. The van der Waals surface area contributed by atoms with Crippen LogP contribution in [0.4, 0.5) is 0 Å². The van der Waals surface area contributed by atoms with Gasteiger partial charge in [-0.15, -0.1) is 0 Å². The zero-order valence-corrected chi connectivity index (χ0v) is 23.0. The van der Waals surface area contributed by atoms with E-state index in [0.29, 0.717) is 24.5 Å². The lowest BCUT2D eigenvalue weighted by atomic mass is 9.84. The predicted molar refractivity (Wildman–Crippen MR) is 150 cm³/mol. The van der Waals surface area contributed by atoms with Gasteiger partial charge in [0.1, 0.15) is 5.75 Å². The number of nitrogens with zero attached hydrogens (tertiary/aromatic N) is 2. The van der Waals surface area contributed by atoms with E-state index >= 15 is 0 Å². The molecule has 38 heavy (non-hydrogen) atoms. The third-order valence-electron chi connectivity index (χ3n) is 9.15. The topological polar surface area (TPSA) is 61.9 Å². The van der Waals surface area contributed by atoms with Gasteiger partial charge < -0.3 is 15.0 Å². The van der Waals surface area contributed by atoms with Gasteiger partial charge in [0.2, 0.25) is 11.8 Å². The second-order valence-corrected chi connectivity index (χ2v) is 11.3. The number of fused-ring (bicyclic) bond motifs is 2. The van der Waals surface area contributed by atoms with Crippen LogP contribution in [0.2, 0.25) is 0 Å². The van der Waals surface area contributed by atoms with Crippen LogP contribution in [0.5, 0.6) is 5.75 Å². The average Bonchev–Trinajstić information content (AvgIpc) is 3.13. The third-order valence-corrected chi connectivity index (χ3v) is 9.15. The number of amides is 2. The largest absolute Gasteiger partial charge is 0.497 e. The predicted octanol–water partition coefficient (Wildman–Crippen LogP) is 5.13. The van der Waals surface area contributed by atoms with Gasteiger partial charge in [-0.3, -0.25) is 14.5 Å². The molecule has 0 radical (unpaired) electrons. The van der Waals surface area contributed by atoms with Gasteiger partial charge in [0.15, 0.2) is 0 Å². The van der Waals surface area contributed by atoms with Crippen LogP contribution < -0.4 is 10.1 Å². The highest BCUT2D eigenvalue weighted by molar-refractivity contribution is 5.80. The number of nitrogens with one attached hydrogen (secondary N) is 1. The number of carbonyl (C=O) groups is 2. The van der Waals surface area contributed by atoms with E-state index in [0.717, 1.165) is 56.5 Å². The molecule has 4 atom stereocenters. The SMILES string of the molecule is CCN(C(=O)Cc1ccc(OC)cc1)C1C[C@H]2CC[C@@H](C1)N2CC[C@H](NC(=O)C1CCC1)c1ccccc1. The monoisotopic (exact) mass is 517 g/mol. The van der Waals surface area contributed by atoms with Gasteiger partial charge in [-0.25, -0.2) is 0 Å². The zero-order valence-electron chi connectivity index (χ0n) is 23.0. The van der Waals surface area contributed by atoms with Crippen LogP contribution in [0.25, 0.3) is 0 Å². The summed E-state index contributed by atoms with van der Waals surface area (Å²) in [5, 5.41) is 3.38. The molecule has 2 saturated heterocycles. The number of benzene rings is 2. The van der Waals surface area contributed by atoms with Crippen molar-refractivity contribution in [3.8, 4) is 5.75 Å². The van der Waals surface area contributed by atoms with Gasteiger partial charge in [-0.2, -0.15) is 0 Å². The number of likely N-dealkylation sites (N-methyl/N-ethyl adjacent to an activating group) is 1. The Labute approximate surface area is 227 Å². The summed E-state index contributed by atoms with van der Waals surface area (Å²) in [7, 11) is 1.66. The molecule has 1 N–H and O–H groups in total. The number of rotatable bonds is 11. The summed E-state index contributed by atoms with van der Waals surface area (Å²) in [4.78, 5) is 30.9. The Balaban J connectivity index is 1.19. The Morgan fingerprint density at radius 3 is 2.26 bits per heavy atom. The van der Waals surface area contributed by atoms with E-state index in [-0.39, 0.29) is 23.8 Å². The molecule has 2 aliphatic heterocycles. The molecule has 2 heterocycles. The highest BCUT2D eigenvalue weighted by Gasteiger charge is 2.43. The van der Waals surface area contributed by atoms with Crippen LogP contribution in [-0.4, -0.2) is 59.9 Å². The van der Waals surface area contributed by atoms with Gasteiger partial charge in [0.05, 0.1) is 19.6 Å². The quantitative estimate of drug-likeness (QED) is 0.449. The van der Waals surface area contributed by atoms with Crippen molar-refractivity contribution in [3.05, 3.63) is 65.7 Å². The molecule has 1 saturated carbocycles. The van der Waals surface area contributed by atoms with Crippen molar-refractivity contribution in [1.82, 2.24) is 15.1 Å². The van der Waals surface area contributed by atoms with Crippen molar-refractivity contribution in [3.63, 3.8) is 0 Å². The van der Waals surface area contributed by atoms with E-state index in [1.54, 1.807) is 7.11 Å². The Kier molecular flexibility index (Phi) is 8.68. The summed E-state index contributed by atoms with van der Waals surface area (Å²) in [5.74, 6) is 1.46. The average molecular weight is 518 g/mol. The van der Waals surface area contributed by atoms with Crippen LogP contribution in [0.3, 0.4) is 0 Å². The first-order valence-corrected chi connectivity index (χ1v) is 14.6. The minimum atomic E-state index is 0.0552. The molecular formula is C32H43N3O3. The van der Waals surface area contributed by atoms with Crippen molar-refractivity contribution in [2.75, 3.05) is 20.2 Å². The molecule has 2 amide bonds.